The third-order valence-electron chi connectivity index (χ3n) is 3.69. The second-order valence-corrected chi connectivity index (χ2v) is 4.75. The highest BCUT2D eigenvalue weighted by atomic mass is 16.3. The van der Waals surface area contributed by atoms with Gasteiger partial charge in [0.25, 0.3) is 0 Å². The number of aliphatic hydroxyl groups is 1. The van der Waals surface area contributed by atoms with Crippen LogP contribution in [0.5, 0.6) is 0 Å². The first-order chi connectivity index (χ1) is 9.24. The van der Waals surface area contributed by atoms with E-state index in [-0.39, 0.29) is 0 Å². The smallest absolute Gasteiger partial charge is 0.133 e. The summed E-state index contributed by atoms with van der Waals surface area (Å²) >= 11 is 0. The van der Waals surface area contributed by atoms with Crippen molar-refractivity contribution in [2.45, 2.75) is 18.9 Å². The van der Waals surface area contributed by atoms with E-state index in [0.29, 0.717) is 6.42 Å². The van der Waals surface area contributed by atoms with Crippen LogP contribution in [-0.4, -0.2) is 5.11 Å². The molecule has 0 spiro atoms. The first-order valence-electron chi connectivity index (χ1n) is 6.49. The van der Waals surface area contributed by atoms with Gasteiger partial charge in [0.15, 0.2) is 0 Å². The van der Waals surface area contributed by atoms with Crippen molar-refractivity contribution < 1.29 is 9.52 Å². The SMILES string of the molecule is CCC(O)(c1ccccc1)c1ccc2occc2c1. The van der Waals surface area contributed by atoms with Crippen LogP contribution < -0.4 is 0 Å². The van der Waals surface area contributed by atoms with Crippen molar-refractivity contribution in [1.29, 1.82) is 0 Å². The molecule has 0 bridgehead atoms. The van der Waals surface area contributed by atoms with E-state index in [0.717, 1.165) is 22.1 Å². The minimum atomic E-state index is -0.952. The highest BCUT2D eigenvalue weighted by molar-refractivity contribution is 5.78. The molecular formula is C17H16O2. The molecular weight excluding hydrogens is 236 g/mol. The molecule has 2 heteroatoms. The van der Waals surface area contributed by atoms with E-state index in [1.165, 1.54) is 0 Å². The van der Waals surface area contributed by atoms with Crippen LogP contribution in [0, 0.1) is 0 Å². The van der Waals surface area contributed by atoms with Crippen molar-refractivity contribution in [2.24, 2.45) is 0 Å². The topological polar surface area (TPSA) is 33.4 Å². The zero-order valence-corrected chi connectivity index (χ0v) is 10.8. The minimum absolute atomic E-state index is 0.625. The maximum absolute atomic E-state index is 11.0. The molecule has 1 heterocycles. The van der Waals surface area contributed by atoms with Gasteiger partial charge in [0.1, 0.15) is 11.2 Å². The zero-order chi connectivity index (χ0) is 13.3. The Morgan fingerprint density at radius 1 is 1.00 bits per heavy atom. The average molecular weight is 252 g/mol. The van der Waals surface area contributed by atoms with Crippen molar-refractivity contribution in [3.8, 4) is 0 Å². The van der Waals surface area contributed by atoms with E-state index in [4.69, 9.17) is 4.42 Å². The molecule has 0 saturated carbocycles. The molecule has 2 nitrogen and oxygen atoms in total. The number of fused-ring (bicyclic) bond motifs is 1. The molecule has 1 unspecified atom stereocenters. The van der Waals surface area contributed by atoms with Gasteiger partial charge >= 0.3 is 0 Å². The summed E-state index contributed by atoms with van der Waals surface area (Å²) in [6.45, 7) is 1.99. The fraction of sp³-hybridized carbons (Fsp3) is 0.176. The summed E-state index contributed by atoms with van der Waals surface area (Å²) < 4.78 is 5.34. The molecule has 3 aromatic rings. The van der Waals surface area contributed by atoms with Crippen LogP contribution in [0.25, 0.3) is 11.0 Å². The molecule has 0 aliphatic carbocycles. The van der Waals surface area contributed by atoms with E-state index in [9.17, 15) is 5.11 Å². The lowest BCUT2D eigenvalue weighted by Gasteiger charge is -2.28. The third kappa shape index (κ3) is 1.94. The zero-order valence-electron chi connectivity index (χ0n) is 10.8. The van der Waals surface area contributed by atoms with Gasteiger partial charge < -0.3 is 9.52 Å². The fourth-order valence-corrected chi connectivity index (χ4v) is 2.51. The Hall–Kier alpha value is -2.06. The Balaban J connectivity index is 2.15. The molecule has 0 aliphatic heterocycles. The molecule has 0 radical (unpaired) electrons. The van der Waals surface area contributed by atoms with Crippen LogP contribution in [0.3, 0.4) is 0 Å². The van der Waals surface area contributed by atoms with Gasteiger partial charge in [0.05, 0.1) is 6.26 Å². The van der Waals surface area contributed by atoms with Gasteiger partial charge in [-0.1, -0.05) is 43.3 Å². The summed E-state index contributed by atoms with van der Waals surface area (Å²) in [7, 11) is 0. The van der Waals surface area contributed by atoms with Crippen molar-refractivity contribution in [3.63, 3.8) is 0 Å². The first-order valence-corrected chi connectivity index (χ1v) is 6.49. The van der Waals surface area contributed by atoms with Crippen molar-refractivity contribution in [1.82, 2.24) is 0 Å². The minimum Gasteiger partial charge on any atom is -0.464 e. The molecule has 0 amide bonds. The van der Waals surface area contributed by atoms with Crippen LogP contribution in [0.4, 0.5) is 0 Å². The molecule has 1 atom stereocenters. The van der Waals surface area contributed by atoms with Gasteiger partial charge in [-0.3, -0.25) is 0 Å². The van der Waals surface area contributed by atoms with E-state index in [1.807, 2.05) is 61.5 Å². The number of hydrogen-bond acceptors (Lipinski definition) is 2. The molecule has 2 aromatic carbocycles. The molecule has 1 aromatic heterocycles. The van der Waals surface area contributed by atoms with Crippen LogP contribution >= 0.6 is 0 Å². The predicted octanol–water partition coefficient (Wildman–Crippen LogP) is 4.08. The lowest BCUT2D eigenvalue weighted by atomic mass is 9.84. The number of benzene rings is 2. The van der Waals surface area contributed by atoms with Crippen LogP contribution in [0.1, 0.15) is 24.5 Å². The second kappa shape index (κ2) is 4.56. The molecule has 3 rings (SSSR count). The van der Waals surface area contributed by atoms with Crippen LogP contribution in [0.2, 0.25) is 0 Å². The normalized spacial score (nSPS) is 14.4. The lowest BCUT2D eigenvalue weighted by Crippen LogP contribution is -2.26. The first kappa shape index (κ1) is 12.0. The summed E-state index contributed by atoms with van der Waals surface area (Å²) in [4.78, 5) is 0. The Bertz CT molecular complexity index is 685. The third-order valence-corrected chi connectivity index (χ3v) is 3.69. The fourth-order valence-electron chi connectivity index (χ4n) is 2.51. The Kier molecular flexibility index (Phi) is 2.88. The van der Waals surface area contributed by atoms with Gasteiger partial charge in [-0.05, 0) is 35.7 Å². The van der Waals surface area contributed by atoms with Gasteiger partial charge in [-0.15, -0.1) is 0 Å². The summed E-state index contributed by atoms with van der Waals surface area (Å²) in [5.41, 5.74) is 1.71. The Morgan fingerprint density at radius 2 is 1.79 bits per heavy atom. The maximum atomic E-state index is 11.0. The van der Waals surface area contributed by atoms with Gasteiger partial charge in [0.2, 0.25) is 0 Å². The molecule has 1 N–H and O–H groups in total. The van der Waals surface area contributed by atoms with Crippen LogP contribution in [0.15, 0.2) is 65.3 Å². The van der Waals surface area contributed by atoms with Crippen molar-refractivity contribution in [3.05, 3.63) is 72.0 Å². The Labute approximate surface area is 112 Å². The predicted molar refractivity (Wildman–Crippen MR) is 75.9 cm³/mol. The lowest BCUT2D eigenvalue weighted by molar-refractivity contribution is 0.0767. The van der Waals surface area contributed by atoms with Gasteiger partial charge in [-0.2, -0.15) is 0 Å². The molecule has 19 heavy (non-hydrogen) atoms. The largest absolute Gasteiger partial charge is 0.464 e. The summed E-state index contributed by atoms with van der Waals surface area (Å²) in [5, 5.41) is 12.0. The monoisotopic (exact) mass is 252 g/mol. The number of rotatable bonds is 3. The van der Waals surface area contributed by atoms with Crippen molar-refractivity contribution >= 4 is 11.0 Å². The van der Waals surface area contributed by atoms with E-state index < -0.39 is 5.60 Å². The van der Waals surface area contributed by atoms with Gasteiger partial charge in [-0.25, -0.2) is 0 Å². The summed E-state index contributed by atoms with van der Waals surface area (Å²) in [5.74, 6) is 0. The quantitative estimate of drug-likeness (QED) is 0.762. The summed E-state index contributed by atoms with van der Waals surface area (Å²) in [6, 6.07) is 17.5. The highest BCUT2D eigenvalue weighted by Crippen LogP contribution is 2.34. The molecule has 0 aliphatic rings. The van der Waals surface area contributed by atoms with E-state index in [1.54, 1.807) is 6.26 Å². The van der Waals surface area contributed by atoms with Crippen molar-refractivity contribution in [2.75, 3.05) is 0 Å². The molecule has 0 saturated heterocycles. The second-order valence-electron chi connectivity index (χ2n) is 4.75. The molecule has 0 fully saturated rings. The maximum Gasteiger partial charge on any atom is 0.133 e. The van der Waals surface area contributed by atoms with E-state index >= 15 is 0 Å². The number of furan rings is 1. The Morgan fingerprint density at radius 3 is 2.53 bits per heavy atom. The number of hydrogen-bond donors (Lipinski definition) is 1. The van der Waals surface area contributed by atoms with Gasteiger partial charge in [0, 0.05) is 5.39 Å². The van der Waals surface area contributed by atoms with E-state index in [2.05, 4.69) is 0 Å². The standard InChI is InChI=1S/C17H16O2/c1-2-17(18,14-6-4-3-5-7-14)15-8-9-16-13(12-15)10-11-19-16/h3-12,18H,2H2,1H3. The molecule has 96 valence electrons. The highest BCUT2D eigenvalue weighted by Gasteiger charge is 2.29. The van der Waals surface area contributed by atoms with Crippen LogP contribution in [-0.2, 0) is 5.60 Å². The average Bonchev–Trinajstić information content (AvgIpc) is 2.94. The summed E-state index contributed by atoms with van der Waals surface area (Å²) in [6.07, 6.45) is 2.29.